The van der Waals surface area contributed by atoms with E-state index in [1.165, 1.54) is 6.21 Å². The number of anilines is 1. The van der Waals surface area contributed by atoms with Crippen LogP contribution < -0.4 is 10.7 Å². The summed E-state index contributed by atoms with van der Waals surface area (Å²) < 4.78 is 0.782. The first-order chi connectivity index (χ1) is 11.0. The van der Waals surface area contributed by atoms with Gasteiger partial charge in [-0.1, -0.05) is 57.3 Å². The van der Waals surface area contributed by atoms with Crippen LogP contribution in [-0.2, 0) is 9.59 Å². The van der Waals surface area contributed by atoms with Crippen LogP contribution in [0.4, 0.5) is 5.69 Å². The lowest BCUT2D eigenvalue weighted by molar-refractivity contribution is -0.136. The first kappa shape index (κ1) is 17.5. The molecule has 8 heteroatoms. The number of rotatable bonds is 3. The van der Waals surface area contributed by atoms with Crippen LogP contribution in [0.15, 0.2) is 52.0 Å². The Labute approximate surface area is 150 Å². The van der Waals surface area contributed by atoms with Gasteiger partial charge in [-0.2, -0.15) is 5.10 Å². The Balaban J connectivity index is 1.95. The van der Waals surface area contributed by atoms with Crippen molar-refractivity contribution in [3.05, 3.63) is 62.5 Å². The van der Waals surface area contributed by atoms with Crippen molar-refractivity contribution in [2.75, 3.05) is 5.32 Å². The van der Waals surface area contributed by atoms with Gasteiger partial charge in [-0.05, 0) is 24.3 Å². The van der Waals surface area contributed by atoms with E-state index in [1.807, 2.05) is 0 Å². The van der Waals surface area contributed by atoms with Crippen molar-refractivity contribution in [1.82, 2.24) is 5.43 Å². The highest BCUT2D eigenvalue weighted by molar-refractivity contribution is 9.10. The van der Waals surface area contributed by atoms with Crippen LogP contribution in [-0.4, -0.2) is 18.0 Å². The van der Waals surface area contributed by atoms with Gasteiger partial charge in [-0.3, -0.25) is 9.59 Å². The summed E-state index contributed by atoms with van der Waals surface area (Å²) >= 11 is 15.1. The van der Waals surface area contributed by atoms with Crippen LogP contribution >= 0.6 is 39.1 Å². The van der Waals surface area contributed by atoms with Crippen LogP contribution in [0.1, 0.15) is 5.56 Å². The van der Waals surface area contributed by atoms with Gasteiger partial charge in [-0.15, -0.1) is 0 Å². The van der Waals surface area contributed by atoms with Crippen molar-refractivity contribution in [2.45, 2.75) is 0 Å². The van der Waals surface area contributed by atoms with Crippen molar-refractivity contribution < 1.29 is 9.59 Å². The lowest BCUT2D eigenvalue weighted by Gasteiger charge is -2.04. The molecule has 0 atom stereocenters. The monoisotopic (exact) mass is 413 g/mol. The smallest absolute Gasteiger partial charge is 0.318 e. The molecule has 2 aromatic rings. The van der Waals surface area contributed by atoms with Gasteiger partial charge < -0.3 is 5.32 Å². The van der Waals surface area contributed by atoms with Crippen molar-refractivity contribution >= 4 is 62.8 Å². The predicted octanol–water partition coefficient (Wildman–Crippen LogP) is 3.84. The second-order valence-corrected chi connectivity index (χ2v) is 6.01. The second kappa shape index (κ2) is 8.10. The highest BCUT2D eigenvalue weighted by Gasteiger charge is 2.13. The highest BCUT2D eigenvalue weighted by atomic mass is 79.9. The summed E-state index contributed by atoms with van der Waals surface area (Å²) in [6, 6.07) is 11.9. The Morgan fingerprint density at radius 2 is 1.83 bits per heavy atom. The standard InChI is InChI=1S/C15H10BrCl2N3O2/c16-10-4-2-5-11(7-10)20-14(22)15(23)21-19-8-9-3-1-6-12(17)13(9)18/h1-8H,(H,20,22)(H,21,23)/b19-8-. The van der Waals surface area contributed by atoms with E-state index < -0.39 is 11.8 Å². The third-order valence-corrected chi connectivity index (χ3v) is 3.97. The van der Waals surface area contributed by atoms with E-state index in [4.69, 9.17) is 23.2 Å². The number of carbonyl (C=O) groups excluding carboxylic acids is 2. The van der Waals surface area contributed by atoms with Crippen LogP contribution in [0, 0.1) is 0 Å². The van der Waals surface area contributed by atoms with Gasteiger partial charge in [0.15, 0.2) is 0 Å². The van der Waals surface area contributed by atoms with Crippen molar-refractivity contribution in [3.63, 3.8) is 0 Å². The number of carbonyl (C=O) groups is 2. The first-order valence-corrected chi connectivity index (χ1v) is 7.86. The third-order valence-electron chi connectivity index (χ3n) is 2.64. The average Bonchev–Trinajstić information content (AvgIpc) is 2.51. The SMILES string of the molecule is O=C(N/N=C\c1cccc(Cl)c1Cl)C(=O)Nc1cccc(Br)c1. The number of nitrogens with one attached hydrogen (secondary N) is 2. The Morgan fingerprint density at radius 3 is 2.57 bits per heavy atom. The molecule has 0 saturated heterocycles. The lowest BCUT2D eigenvalue weighted by atomic mass is 10.2. The Kier molecular flexibility index (Phi) is 6.15. The maximum atomic E-state index is 11.7. The zero-order valence-corrected chi connectivity index (χ0v) is 14.6. The first-order valence-electron chi connectivity index (χ1n) is 6.31. The molecule has 0 radical (unpaired) electrons. The minimum atomic E-state index is -0.903. The van der Waals surface area contributed by atoms with Crippen molar-refractivity contribution in [3.8, 4) is 0 Å². The number of amides is 2. The van der Waals surface area contributed by atoms with E-state index in [2.05, 4.69) is 31.8 Å². The summed E-state index contributed by atoms with van der Waals surface area (Å²) in [4.78, 5) is 23.4. The molecule has 0 heterocycles. The minimum Gasteiger partial charge on any atom is -0.318 e. The Bertz CT molecular complexity index is 781. The molecule has 0 unspecified atom stereocenters. The van der Waals surface area contributed by atoms with Crippen LogP contribution in [0.3, 0.4) is 0 Å². The van der Waals surface area contributed by atoms with Crippen molar-refractivity contribution in [2.24, 2.45) is 5.10 Å². The summed E-state index contributed by atoms with van der Waals surface area (Å²) in [5.74, 6) is -1.74. The molecular formula is C15H10BrCl2N3O2. The molecule has 0 aromatic heterocycles. The van der Waals surface area contributed by atoms with Gasteiger partial charge >= 0.3 is 11.8 Å². The van der Waals surface area contributed by atoms with Gasteiger partial charge in [0.2, 0.25) is 0 Å². The molecule has 0 bridgehead atoms. The molecule has 0 fully saturated rings. The summed E-state index contributed by atoms with van der Waals surface area (Å²) in [5, 5.41) is 6.82. The topological polar surface area (TPSA) is 70.6 Å². The van der Waals surface area contributed by atoms with Gasteiger partial charge in [-0.25, -0.2) is 5.43 Å². The van der Waals surface area contributed by atoms with Gasteiger partial charge in [0, 0.05) is 15.7 Å². The quantitative estimate of drug-likeness (QED) is 0.455. The van der Waals surface area contributed by atoms with Gasteiger partial charge in [0.05, 0.1) is 16.3 Å². The molecule has 2 rings (SSSR count). The van der Waals surface area contributed by atoms with Gasteiger partial charge in [0.25, 0.3) is 0 Å². The predicted molar refractivity (Wildman–Crippen MR) is 95.0 cm³/mol. The Hall–Kier alpha value is -1.89. The maximum Gasteiger partial charge on any atom is 0.329 e. The molecular weight excluding hydrogens is 405 g/mol. The zero-order chi connectivity index (χ0) is 16.8. The molecule has 0 spiro atoms. The fourth-order valence-corrected chi connectivity index (χ4v) is 2.34. The van der Waals surface area contributed by atoms with Crippen LogP contribution in [0.25, 0.3) is 0 Å². The molecule has 0 aliphatic rings. The van der Waals surface area contributed by atoms with E-state index in [-0.39, 0.29) is 0 Å². The summed E-state index contributed by atoms with van der Waals surface area (Å²) in [6.07, 6.45) is 1.30. The number of hydrazone groups is 1. The molecule has 0 aliphatic carbocycles. The minimum absolute atomic E-state index is 0.311. The lowest BCUT2D eigenvalue weighted by Crippen LogP contribution is -2.32. The molecule has 5 nitrogen and oxygen atoms in total. The summed E-state index contributed by atoms with van der Waals surface area (Å²) in [5.41, 5.74) is 3.13. The molecule has 2 N–H and O–H groups in total. The number of hydrogen-bond donors (Lipinski definition) is 2. The van der Waals surface area contributed by atoms with Gasteiger partial charge in [0.1, 0.15) is 0 Å². The van der Waals surface area contributed by atoms with Crippen LogP contribution in [0.2, 0.25) is 10.0 Å². The zero-order valence-electron chi connectivity index (χ0n) is 11.5. The maximum absolute atomic E-state index is 11.7. The molecule has 0 aliphatic heterocycles. The molecule has 0 saturated carbocycles. The fraction of sp³-hybridized carbons (Fsp3) is 0. The third kappa shape index (κ3) is 5.06. The molecule has 2 amide bonds. The average molecular weight is 415 g/mol. The normalized spacial score (nSPS) is 10.6. The highest BCUT2D eigenvalue weighted by Crippen LogP contribution is 2.24. The van der Waals surface area contributed by atoms with E-state index in [1.54, 1.807) is 42.5 Å². The molecule has 2 aromatic carbocycles. The number of nitrogens with zero attached hydrogens (tertiary/aromatic N) is 1. The largest absolute Gasteiger partial charge is 0.329 e. The van der Waals surface area contributed by atoms with E-state index in [0.717, 1.165) is 4.47 Å². The van der Waals surface area contributed by atoms with Crippen molar-refractivity contribution in [1.29, 1.82) is 0 Å². The van der Waals surface area contributed by atoms with Crippen LogP contribution in [0.5, 0.6) is 0 Å². The van der Waals surface area contributed by atoms with E-state index >= 15 is 0 Å². The Morgan fingerprint density at radius 1 is 1.09 bits per heavy atom. The van der Waals surface area contributed by atoms with E-state index in [9.17, 15) is 9.59 Å². The van der Waals surface area contributed by atoms with E-state index in [0.29, 0.717) is 21.3 Å². The fourth-order valence-electron chi connectivity index (χ4n) is 1.59. The number of halogens is 3. The second-order valence-electron chi connectivity index (χ2n) is 4.31. The number of benzene rings is 2. The summed E-state index contributed by atoms with van der Waals surface area (Å²) in [6.45, 7) is 0. The number of hydrogen-bond acceptors (Lipinski definition) is 3. The molecule has 23 heavy (non-hydrogen) atoms. The molecule has 118 valence electrons. The summed E-state index contributed by atoms with van der Waals surface area (Å²) in [7, 11) is 0.